The molecule has 0 bridgehead atoms. The first kappa shape index (κ1) is 22.9. The molecule has 8 nitrogen and oxygen atoms in total. The standard InChI is InChI=1S/C14H7F7N2O6S2/c1-28-12-8(15)3-2-6-4-9-7(5-22-23(9)30(24,25)13(16,17)18)11(10(6)12)29-31(26,27)14(19,20)21/h2-5H,1H3. The number of hydrogen-bond acceptors (Lipinski definition) is 7. The lowest BCUT2D eigenvalue weighted by atomic mass is 10.1. The van der Waals surface area contributed by atoms with Crippen LogP contribution in [0.5, 0.6) is 11.5 Å². The van der Waals surface area contributed by atoms with Crippen LogP contribution >= 0.6 is 0 Å². The van der Waals surface area contributed by atoms with Gasteiger partial charge in [0.25, 0.3) is 0 Å². The van der Waals surface area contributed by atoms with Crippen LogP contribution in [0.4, 0.5) is 30.7 Å². The summed E-state index contributed by atoms with van der Waals surface area (Å²) in [7, 11) is -11.7. The van der Waals surface area contributed by atoms with Crippen molar-refractivity contribution in [2.24, 2.45) is 0 Å². The molecule has 1 heterocycles. The molecular weight excluding hydrogens is 489 g/mol. The number of methoxy groups -OCH3 is 1. The fraction of sp³-hybridized carbons (Fsp3) is 0.214. The van der Waals surface area contributed by atoms with E-state index in [4.69, 9.17) is 4.74 Å². The predicted octanol–water partition coefficient (Wildman–Crippen LogP) is 3.26. The van der Waals surface area contributed by atoms with Crippen molar-refractivity contribution in [1.29, 1.82) is 0 Å². The quantitative estimate of drug-likeness (QED) is 0.310. The first-order valence-electron chi connectivity index (χ1n) is 7.52. The molecular formula is C14H7F7N2O6S2. The summed E-state index contributed by atoms with van der Waals surface area (Å²) in [5, 5.41) is 0.979. The number of alkyl halides is 6. The molecule has 2 aromatic carbocycles. The van der Waals surface area contributed by atoms with Crippen LogP contribution in [0.2, 0.25) is 0 Å². The van der Waals surface area contributed by atoms with Crippen molar-refractivity contribution in [3.05, 3.63) is 30.2 Å². The number of fused-ring (bicyclic) bond motifs is 2. The van der Waals surface area contributed by atoms with Crippen LogP contribution in [0.25, 0.3) is 21.7 Å². The van der Waals surface area contributed by atoms with Crippen molar-refractivity contribution in [1.82, 2.24) is 9.19 Å². The summed E-state index contributed by atoms with van der Waals surface area (Å²) < 4.78 is 146. The molecule has 0 atom stereocenters. The normalized spacial score (nSPS) is 13.7. The van der Waals surface area contributed by atoms with Crippen molar-refractivity contribution in [2.45, 2.75) is 11.0 Å². The summed E-state index contributed by atoms with van der Waals surface area (Å²) in [6, 6.07) is 2.24. The van der Waals surface area contributed by atoms with Crippen LogP contribution in [-0.2, 0) is 20.1 Å². The Kier molecular flexibility index (Phi) is 5.04. The SMILES string of the molecule is COc1c(F)ccc2cc3c(cnn3S(=O)(=O)C(F)(F)F)c(OS(=O)(=O)C(F)(F)F)c12. The van der Waals surface area contributed by atoms with Gasteiger partial charge >= 0.3 is 31.2 Å². The molecule has 0 fully saturated rings. The second kappa shape index (κ2) is 6.84. The van der Waals surface area contributed by atoms with E-state index < -0.39 is 74.2 Å². The van der Waals surface area contributed by atoms with E-state index in [0.717, 1.165) is 13.2 Å². The Labute approximate surface area is 167 Å². The number of aromatic nitrogens is 2. The molecule has 3 aromatic rings. The third kappa shape index (κ3) is 3.50. The van der Waals surface area contributed by atoms with E-state index in [1.807, 2.05) is 0 Å². The number of nitrogens with zero attached hydrogens (tertiary/aromatic N) is 2. The molecule has 0 saturated heterocycles. The lowest BCUT2D eigenvalue weighted by Crippen LogP contribution is -2.30. The van der Waals surface area contributed by atoms with Gasteiger partial charge in [-0.25, -0.2) is 4.39 Å². The van der Waals surface area contributed by atoms with Gasteiger partial charge in [0.1, 0.15) is 0 Å². The number of benzene rings is 2. The molecule has 0 aliphatic carbocycles. The molecule has 0 aliphatic rings. The van der Waals surface area contributed by atoms with E-state index in [1.165, 1.54) is 0 Å². The Bertz CT molecular complexity index is 1410. The summed E-state index contributed by atoms with van der Waals surface area (Å²) in [4.78, 5) is 0. The molecule has 3 rings (SSSR count). The average molecular weight is 496 g/mol. The highest BCUT2D eigenvalue weighted by molar-refractivity contribution is 7.90. The summed E-state index contributed by atoms with van der Waals surface area (Å²) in [6.45, 7) is 0. The Morgan fingerprint density at radius 1 is 0.968 bits per heavy atom. The van der Waals surface area contributed by atoms with Gasteiger partial charge < -0.3 is 8.92 Å². The van der Waals surface area contributed by atoms with E-state index in [0.29, 0.717) is 18.3 Å². The molecule has 0 aliphatic heterocycles. The van der Waals surface area contributed by atoms with Gasteiger partial charge in [-0.05, 0) is 17.5 Å². The molecule has 0 amide bonds. The zero-order chi connectivity index (χ0) is 23.6. The molecule has 170 valence electrons. The second-order valence-electron chi connectivity index (χ2n) is 5.74. The summed E-state index contributed by atoms with van der Waals surface area (Å²) in [6.07, 6.45) is 0.323. The van der Waals surface area contributed by atoms with Crippen molar-refractivity contribution >= 4 is 41.8 Å². The van der Waals surface area contributed by atoms with E-state index >= 15 is 0 Å². The lowest BCUT2D eigenvalue weighted by molar-refractivity contribution is -0.0499. The van der Waals surface area contributed by atoms with Crippen LogP contribution in [0.15, 0.2) is 24.4 Å². The van der Waals surface area contributed by atoms with Crippen LogP contribution in [0.3, 0.4) is 0 Å². The molecule has 0 radical (unpaired) electrons. The van der Waals surface area contributed by atoms with Gasteiger partial charge in [0.2, 0.25) is 0 Å². The van der Waals surface area contributed by atoms with Gasteiger partial charge in [0.05, 0.1) is 29.6 Å². The third-order valence-corrected chi connectivity index (χ3v) is 6.16. The van der Waals surface area contributed by atoms with E-state index in [1.54, 1.807) is 0 Å². The zero-order valence-electron chi connectivity index (χ0n) is 14.6. The molecule has 0 unspecified atom stereocenters. The molecule has 0 spiro atoms. The van der Waals surface area contributed by atoms with Gasteiger partial charge in [0, 0.05) is 0 Å². The Morgan fingerprint density at radius 2 is 1.58 bits per heavy atom. The van der Waals surface area contributed by atoms with E-state index in [-0.39, 0.29) is 0 Å². The maximum Gasteiger partial charge on any atom is 0.534 e. The van der Waals surface area contributed by atoms with Crippen LogP contribution in [0.1, 0.15) is 0 Å². The largest absolute Gasteiger partial charge is 0.534 e. The number of ether oxygens (including phenoxy) is 1. The highest BCUT2D eigenvalue weighted by atomic mass is 32.2. The highest BCUT2D eigenvalue weighted by Gasteiger charge is 2.50. The maximum absolute atomic E-state index is 14.1. The Morgan fingerprint density at radius 3 is 2.10 bits per heavy atom. The molecule has 0 saturated carbocycles. The van der Waals surface area contributed by atoms with Gasteiger partial charge in [0.15, 0.2) is 17.3 Å². The van der Waals surface area contributed by atoms with Gasteiger partial charge in [-0.1, -0.05) is 6.07 Å². The number of hydrogen-bond donors (Lipinski definition) is 0. The predicted molar refractivity (Wildman–Crippen MR) is 89.7 cm³/mol. The van der Waals surface area contributed by atoms with Crippen LogP contribution in [-0.4, -0.2) is 44.1 Å². The average Bonchev–Trinajstić information content (AvgIpc) is 3.04. The second-order valence-corrected chi connectivity index (χ2v) is 9.04. The fourth-order valence-electron chi connectivity index (χ4n) is 2.59. The lowest BCUT2D eigenvalue weighted by Gasteiger charge is -2.15. The van der Waals surface area contributed by atoms with E-state index in [2.05, 4.69) is 9.28 Å². The summed E-state index contributed by atoms with van der Waals surface area (Å²) >= 11 is 0. The van der Waals surface area contributed by atoms with Crippen molar-refractivity contribution in [2.75, 3.05) is 7.11 Å². The maximum atomic E-state index is 14.1. The third-order valence-electron chi connectivity index (χ3n) is 3.88. The zero-order valence-corrected chi connectivity index (χ0v) is 16.2. The molecule has 1 aromatic heterocycles. The van der Waals surface area contributed by atoms with Gasteiger partial charge in [-0.3, -0.25) is 0 Å². The minimum absolute atomic E-state index is 0.323. The number of rotatable bonds is 4. The van der Waals surface area contributed by atoms with Crippen molar-refractivity contribution in [3.63, 3.8) is 0 Å². The Balaban J connectivity index is 2.52. The monoisotopic (exact) mass is 496 g/mol. The van der Waals surface area contributed by atoms with Gasteiger partial charge in [-0.15, -0.1) is 4.09 Å². The van der Waals surface area contributed by atoms with Crippen LogP contribution < -0.4 is 8.92 Å². The number of halogens is 7. The molecule has 31 heavy (non-hydrogen) atoms. The van der Waals surface area contributed by atoms with Crippen molar-refractivity contribution in [3.8, 4) is 11.5 Å². The highest BCUT2D eigenvalue weighted by Crippen LogP contribution is 2.44. The minimum atomic E-state index is -6.41. The fourth-order valence-corrected chi connectivity index (χ4v) is 3.86. The molecule has 17 heteroatoms. The van der Waals surface area contributed by atoms with E-state index in [9.17, 15) is 47.6 Å². The topological polar surface area (TPSA) is 105 Å². The summed E-state index contributed by atoms with van der Waals surface area (Å²) in [5.74, 6) is -3.32. The first-order chi connectivity index (χ1) is 14.0. The Hall–Kier alpha value is -2.82. The van der Waals surface area contributed by atoms with Crippen molar-refractivity contribution < 1.29 is 56.5 Å². The smallest absolute Gasteiger partial charge is 0.493 e. The first-order valence-corrected chi connectivity index (χ1v) is 10.4. The summed E-state index contributed by atoms with van der Waals surface area (Å²) in [5.41, 5.74) is -12.8. The van der Waals surface area contributed by atoms with Crippen LogP contribution in [0, 0.1) is 5.82 Å². The molecule has 0 N–H and O–H groups in total. The van der Waals surface area contributed by atoms with Gasteiger partial charge in [-0.2, -0.15) is 48.3 Å². The minimum Gasteiger partial charge on any atom is -0.493 e.